The summed E-state index contributed by atoms with van der Waals surface area (Å²) in [7, 11) is 0. The minimum absolute atomic E-state index is 0.0131. The smallest absolute Gasteiger partial charge is 0.275 e. The first-order chi connectivity index (χ1) is 14.5. The molecule has 3 aromatic carbocycles. The maximum atomic E-state index is 13.2. The monoisotopic (exact) mass is 397 g/mol. The molecule has 0 unspecified atom stereocenters. The summed E-state index contributed by atoms with van der Waals surface area (Å²) in [6.07, 6.45) is 1.52. The number of benzene rings is 3. The van der Waals surface area contributed by atoms with Crippen LogP contribution in [0, 0.1) is 10.1 Å². The van der Waals surface area contributed by atoms with Gasteiger partial charge in [0, 0.05) is 17.7 Å². The lowest BCUT2D eigenvalue weighted by atomic mass is 9.98. The zero-order chi connectivity index (χ0) is 21.1. The molecule has 0 aliphatic rings. The topological polar surface area (TPSA) is 106 Å². The summed E-state index contributed by atoms with van der Waals surface area (Å²) >= 11 is 0. The van der Waals surface area contributed by atoms with E-state index in [1.54, 1.807) is 54.6 Å². The number of Topliss-reactive ketones (excluding diaryl/α,β-unsaturated/α-hetero) is 1. The lowest BCUT2D eigenvalue weighted by Gasteiger charge is -2.08. The number of hydrogen-bond donors (Lipinski definition) is 1. The van der Waals surface area contributed by atoms with Crippen LogP contribution in [0.15, 0.2) is 83.7 Å². The first kappa shape index (κ1) is 18.9. The van der Waals surface area contributed by atoms with Crippen LogP contribution in [0.4, 0.5) is 5.69 Å². The Kier molecular flexibility index (Phi) is 5.00. The van der Waals surface area contributed by atoms with Gasteiger partial charge in [-0.2, -0.15) is 0 Å². The first-order valence-electron chi connectivity index (χ1n) is 9.08. The third kappa shape index (κ3) is 3.77. The normalized spacial score (nSPS) is 11.4. The fourth-order valence-corrected chi connectivity index (χ4v) is 3.06. The molecule has 1 N–H and O–H groups in total. The number of aromatic nitrogens is 2. The van der Waals surface area contributed by atoms with Gasteiger partial charge in [-0.1, -0.05) is 42.5 Å². The Morgan fingerprint density at radius 2 is 1.60 bits per heavy atom. The van der Waals surface area contributed by atoms with E-state index in [2.05, 4.69) is 9.97 Å². The van der Waals surface area contributed by atoms with Crippen molar-refractivity contribution in [3.63, 3.8) is 0 Å². The number of fused-ring (bicyclic) bond motifs is 1. The number of nitrogens with one attached hydrogen (secondary N) is 1. The van der Waals surface area contributed by atoms with Gasteiger partial charge in [0.05, 0.1) is 21.5 Å². The van der Waals surface area contributed by atoms with Crippen LogP contribution in [-0.2, 0) is 0 Å². The molecule has 0 aliphatic carbocycles. The summed E-state index contributed by atoms with van der Waals surface area (Å²) in [5.74, 6) is -0.373. The van der Waals surface area contributed by atoms with E-state index in [0.29, 0.717) is 22.2 Å². The van der Waals surface area contributed by atoms with Gasteiger partial charge in [0.25, 0.3) is 11.2 Å². The number of nitro groups is 1. The Morgan fingerprint density at radius 1 is 0.933 bits per heavy atom. The lowest BCUT2D eigenvalue weighted by Crippen LogP contribution is -2.18. The Bertz CT molecular complexity index is 1340. The highest BCUT2D eigenvalue weighted by atomic mass is 16.6. The Morgan fingerprint density at radius 3 is 2.30 bits per heavy atom. The molecule has 0 aliphatic heterocycles. The number of hydrogen-bond acceptors (Lipinski definition) is 5. The number of allylic oxidation sites excluding steroid dienone is 1. The van der Waals surface area contributed by atoms with Gasteiger partial charge < -0.3 is 4.98 Å². The maximum absolute atomic E-state index is 13.2. The fourth-order valence-electron chi connectivity index (χ4n) is 3.06. The second-order valence-corrected chi connectivity index (χ2v) is 6.53. The number of carbonyl (C=O) groups excluding carboxylic acids is 1. The van der Waals surface area contributed by atoms with Crippen molar-refractivity contribution in [2.24, 2.45) is 0 Å². The second kappa shape index (κ2) is 7.92. The molecule has 0 saturated carbocycles. The number of nitrogens with zero attached hydrogens (tertiary/aromatic N) is 2. The highest BCUT2D eigenvalue weighted by molar-refractivity contribution is 6.32. The largest absolute Gasteiger partial charge is 0.319 e. The van der Waals surface area contributed by atoms with E-state index >= 15 is 0 Å². The van der Waals surface area contributed by atoms with Crippen molar-refractivity contribution in [1.82, 2.24) is 9.97 Å². The minimum Gasteiger partial charge on any atom is -0.319 e. The van der Waals surface area contributed by atoms with Crippen molar-refractivity contribution in [1.29, 1.82) is 0 Å². The molecule has 4 rings (SSSR count). The van der Waals surface area contributed by atoms with Crippen LogP contribution in [0.2, 0.25) is 0 Å². The van der Waals surface area contributed by atoms with Gasteiger partial charge in [0.1, 0.15) is 5.69 Å². The van der Waals surface area contributed by atoms with E-state index in [9.17, 15) is 19.7 Å². The number of para-hydroxylation sites is 2. The van der Waals surface area contributed by atoms with Crippen LogP contribution in [0.5, 0.6) is 0 Å². The van der Waals surface area contributed by atoms with Gasteiger partial charge in [0.2, 0.25) is 0 Å². The molecular weight excluding hydrogens is 382 g/mol. The van der Waals surface area contributed by atoms with Crippen molar-refractivity contribution < 1.29 is 9.72 Å². The number of ketones is 1. The van der Waals surface area contributed by atoms with Crippen LogP contribution in [0.1, 0.15) is 21.6 Å². The predicted molar refractivity (Wildman–Crippen MR) is 114 cm³/mol. The maximum Gasteiger partial charge on any atom is 0.275 e. The van der Waals surface area contributed by atoms with Crippen molar-refractivity contribution in [3.8, 4) is 0 Å². The van der Waals surface area contributed by atoms with E-state index in [1.807, 2.05) is 0 Å². The summed E-state index contributed by atoms with van der Waals surface area (Å²) < 4.78 is 0. The number of non-ortho nitro benzene ring substituents is 1. The van der Waals surface area contributed by atoms with Gasteiger partial charge in [-0.15, -0.1) is 0 Å². The molecular formula is C23H15N3O4. The molecule has 7 heteroatoms. The zero-order valence-electron chi connectivity index (χ0n) is 15.6. The highest BCUT2D eigenvalue weighted by Crippen LogP contribution is 2.22. The van der Waals surface area contributed by atoms with E-state index < -0.39 is 10.5 Å². The molecule has 0 atom stereocenters. The third-order valence-corrected chi connectivity index (χ3v) is 4.55. The molecule has 0 spiro atoms. The number of carbonyl (C=O) groups is 1. The van der Waals surface area contributed by atoms with Crippen LogP contribution in [0.25, 0.3) is 22.7 Å². The standard InChI is InChI=1S/C23H15N3O4/c27-22(16-6-2-1-3-7-16)18(14-15-10-12-17(13-11-15)26(29)30)21-23(28)25-20-9-5-4-8-19(20)24-21/h1-14H,(H,25,28)/b18-14+. The number of nitro benzene ring substituents is 1. The summed E-state index contributed by atoms with van der Waals surface area (Å²) in [6, 6.07) is 21.3. The van der Waals surface area contributed by atoms with Crippen molar-refractivity contribution >= 4 is 34.2 Å². The average molecular weight is 397 g/mol. The van der Waals surface area contributed by atoms with Crippen molar-refractivity contribution in [2.75, 3.05) is 0 Å². The molecule has 30 heavy (non-hydrogen) atoms. The van der Waals surface area contributed by atoms with Gasteiger partial charge >= 0.3 is 0 Å². The Hall–Kier alpha value is -4.39. The average Bonchev–Trinajstić information content (AvgIpc) is 2.77. The van der Waals surface area contributed by atoms with E-state index in [1.165, 1.54) is 30.3 Å². The molecule has 4 aromatic rings. The highest BCUT2D eigenvalue weighted by Gasteiger charge is 2.20. The van der Waals surface area contributed by atoms with Crippen LogP contribution < -0.4 is 5.56 Å². The number of rotatable bonds is 5. The number of aromatic amines is 1. The predicted octanol–water partition coefficient (Wildman–Crippen LogP) is 4.25. The van der Waals surface area contributed by atoms with Crippen molar-refractivity contribution in [2.45, 2.75) is 0 Å². The van der Waals surface area contributed by atoms with Crippen LogP contribution >= 0.6 is 0 Å². The molecule has 0 radical (unpaired) electrons. The molecule has 146 valence electrons. The first-order valence-corrected chi connectivity index (χ1v) is 9.08. The number of H-pyrrole nitrogens is 1. The van der Waals surface area contributed by atoms with E-state index in [0.717, 1.165) is 0 Å². The Labute approximate surface area is 170 Å². The summed E-state index contributed by atoms with van der Waals surface area (Å²) in [4.78, 5) is 43.6. The van der Waals surface area contributed by atoms with Gasteiger partial charge in [-0.3, -0.25) is 19.7 Å². The molecule has 1 aromatic heterocycles. The molecule has 0 bridgehead atoms. The molecule has 1 heterocycles. The van der Waals surface area contributed by atoms with Crippen molar-refractivity contribution in [3.05, 3.63) is 116 Å². The zero-order valence-corrected chi connectivity index (χ0v) is 15.6. The molecule has 0 saturated heterocycles. The molecule has 0 fully saturated rings. The second-order valence-electron chi connectivity index (χ2n) is 6.53. The molecule has 0 amide bonds. The van der Waals surface area contributed by atoms with Gasteiger partial charge in [-0.05, 0) is 35.9 Å². The quantitative estimate of drug-likeness (QED) is 0.234. The summed E-state index contributed by atoms with van der Waals surface area (Å²) in [5.41, 5.74) is 1.57. The minimum atomic E-state index is -0.501. The fraction of sp³-hybridized carbons (Fsp3) is 0. The SMILES string of the molecule is O=C(/C(=C/c1ccc([N+](=O)[O-])cc1)c1nc2ccccc2[nH]c1=O)c1ccccc1. The third-order valence-electron chi connectivity index (χ3n) is 4.55. The van der Waals surface area contributed by atoms with Gasteiger partial charge in [-0.25, -0.2) is 4.98 Å². The summed E-state index contributed by atoms with van der Waals surface area (Å²) in [5, 5.41) is 10.9. The molecule has 7 nitrogen and oxygen atoms in total. The van der Waals surface area contributed by atoms with E-state index in [4.69, 9.17) is 0 Å². The van der Waals surface area contributed by atoms with Crippen LogP contribution in [-0.4, -0.2) is 20.7 Å². The lowest BCUT2D eigenvalue weighted by molar-refractivity contribution is -0.384. The van der Waals surface area contributed by atoms with Crippen LogP contribution in [0.3, 0.4) is 0 Å². The van der Waals surface area contributed by atoms with Gasteiger partial charge in [0.15, 0.2) is 5.78 Å². The Balaban J connectivity index is 1.90. The summed E-state index contributed by atoms with van der Waals surface area (Å²) in [6.45, 7) is 0. The van der Waals surface area contributed by atoms with E-state index in [-0.39, 0.29) is 22.7 Å².